The van der Waals surface area contributed by atoms with E-state index in [1.54, 1.807) is 0 Å². The highest BCUT2D eigenvalue weighted by atomic mass is 79.9. The topological polar surface area (TPSA) is 76.0 Å². The number of hydrogen-bond acceptors (Lipinski definition) is 2. The van der Waals surface area contributed by atoms with Gasteiger partial charge in [0, 0.05) is 4.47 Å². The third-order valence-electron chi connectivity index (χ3n) is 1.93. The first kappa shape index (κ1) is 15.0. The van der Waals surface area contributed by atoms with Crippen molar-refractivity contribution >= 4 is 33.4 Å². The minimum atomic E-state index is -4.91. The predicted molar refractivity (Wildman–Crippen MR) is 58.0 cm³/mol. The largest absolute Gasteiger partial charge is 0.390 e. The number of aromatic amines is 1. The van der Waals surface area contributed by atoms with Gasteiger partial charge in [-0.2, -0.15) is 17.6 Å². The molecule has 0 radical (unpaired) electrons. The summed E-state index contributed by atoms with van der Waals surface area (Å²) in [5.41, 5.74) is 1.37. The van der Waals surface area contributed by atoms with Crippen molar-refractivity contribution in [2.75, 3.05) is 0 Å². The standard InChI is InChI=1S/C8H4BrClF4N2O2/c9-3-1-2(5(15)17)6(18)16-4(3)7(11,12)8(10,13)14/h1H,(H2,15,17)(H,16,18). The van der Waals surface area contributed by atoms with Crippen LogP contribution in [0, 0.1) is 0 Å². The minimum absolute atomic E-state index is 0.618. The van der Waals surface area contributed by atoms with Crippen molar-refractivity contribution in [1.82, 2.24) is 4.98 Å². The summed E-state index contributed by atoms with van der Waals surface area (Å²) >= 11 is 6.80. The summed E-state index contributed by atoms with van der Waals surface area (Å²) in [4.78, 5) is 23.4. The first-order valence-electron chi connectivity index (χ1n) is 4.16. The van der Waals surface area contributed by atoms with Crippen molar-refractivity contribution < 1.29 is 22.4 Å². The summed E-state index contributed by atoms with van der Waals surface area (Å²) in [5.74, 6) is -6.02. The molecule has 3 N–H and O–H groups in total. The quantitative estimate of drug-likeness (QED) is 0.647. The first-order chi connectivity index (χ1) is 7.98. The molecule has 0 unspecified atom stereocenters. The van der Waals surface area contributed by atoms with Gasteiger partial charge in [0.1, 0.15) is 11.3 Å². The second kappa shape index (κ2) is 4.54. The number of carbonyl (C=O) groups excluding carboxylic acids is 1. The molecule has 1 heterocycles. The number of pyridine rings is 1. The van der Waals surface area contributed by atoms with E-state index in [-0.39, 0.29) is 0 Å². The van der Waals surface area contributed by atoms with Crippen LogP contribution < -0.4 is 11.3 Å². The summed E-state index contributed by atoms with van der Waals surface area (Å²) in [5, 5.41) is -4.91. The van der Waals surface area contributed by atoms with E-state index < -0.39 is 38.5 Å². The molecule has 1 rings (SSSR count). The van der Waals surface area contributed by atoms with Gasteiger partial charge in [-0.15, -0.1) is 0 Å². The molecule has 0 aliphatic carbocycles. The van der Waals surface area contributed by atoms with Gasteiger partial charge in [0.2, 0.25) is 0 Å². The fraction of sp³-hybridized carbons (Fsp3) is 0.250. The first-order valence-corrected chi connectivity index (χ1v) is 5.33. The smallest absolute Gasteiger partial charge is 0.365 e. The maximum absolute atomic E-state index is 13.2. The molecule has 0 fully saturated rings. The van der Waals surface area contributed by atoms with Crippen LogP contribution >= 0.6 is 27.5 Å². The maximum Gasteiger partial charge on any atom is 0.390 e. The molecule has 0 aromatic carbocycles. The number of carbonyl (C=O) groups is 1. The van der Waals surface area contributed by atoms with Crippen LogP contribution in [0.1, 0.15) is 16.1 Å². The Balaban J connectivity index is 3.51. The molecule has 1 aromatic heterocycles. The number of aromatic nitrogens is 1. The molecule has 10 heteroatoms. The van der Waals surface area contributed by atoms with Gasteiger partial charge >= 0.3 is 11.3 Å². The molecule has 18 heavy (non-hydrogen) atoms. The van der Waals surface area contributed by atoms with Crippen LogP contribution in [0.4, 0.5) is 17.6 Å². The fourth-order valence-corrected chi connectivity index (χ4v) is 1.73. The van der Waals surface area contributed by atoms with Crippen molar-refractivity contribution in [2.45, 2.75) is 11.3 Å². The normalized spacial score (nSPS) is 12.6. The van der Waals surface area contributed by atoms with Crippen LogP contribution in [0.5, 0.6) is 0 Å². The Hall–Kier alpha value is -1.09. The Morgan fingerprint density at radius 2 is 1.89 bits per heavy atom. The van der Waals surface area contributed by atoms with E-state index in [0.29, 0.717) is 6.07 Å². The van der Waals surface area contributed by atoms with E-state index in [1.165, 1.54) is 4.98 Å². The predicted octanol–water partition coefficient (Wildman–Crippen LogP) is 2.16. The number of nitrogens with two attached hydrogens (primary N) is 1. The summed E-state index contributed by atoms with van der Waals surface area (Å²) in [6.07, 6.45) is 0. The average molecular weight is 351 g/mol. The van der Waals surface area contributed by atoms with Crippen LogP contribution in [-0.4, -0.2) is 16.3 Å². The van der Waals surface area contributed by atoms with Gasteiger partial charge in [-0.05, 0) is 33.6 Å². The lowest BCUT2D eigenvalue weighted by atomic mass is 10.1. The van der Waals surface area contributed by atoms with Crippen LogP contribution in [0.2, 0.25) is 0 Å². The van der Waals surface area contributed by atoms with E-state index in [2.05, 4.69) is 27.5 Å². The zero-order valence-corrected chi connectivity index (χ0v) is 10.6. The second-order valence-corrected chi connectivity index (χ2v) is 4.50. The molecular weight excluding hydrogens is 347 g/mol. The van der Waals surface area contributed by atoms with Crippen LogP contribution in [0.15, 0.2) is 15.3 Å². The van der Waals surface area contributed by atoms with Gasteiger partial charge in [-0.25, -0.2) is 0 Å². The fourth-order valence-electron chi connectivity index (χ4n) is 1.06. The van der Waals surface area contributed by atoms with Gasteiger partial charge in [-0.3, -0.25) is 9.59 Å². The van der Waals surface area contributed by atoms with Gasteiger partial charge in [-0.1, -0.05) is 0 Å². The number of H-pyrrole nitrogens is 1. The highest BCUT2D eigenvalue weighted by molar-refractivity contribution is 9.10. The summed E-state index contributed by atoms with van der Waals surface area (Å²) in [6.45, 7) is 0. The van der Waals surface area contributed by atoms with Crippen molar-refractivity contribution in [3.8, 4) is 0 Å². The number of alkyl halides is 5. The molecule has 0 aliphatic rings. The Kier molecular flexibility index (Phi) is 3.78. The molecule has 0 bridgehead atoms. The SMILES string of the molecule is NC(=O)c1cc(Br)c(C(F)(F)C(F)(F)Cl)[nH]c1=O. The molecule has 0 atom stereocenters. The number of nitrogens with one attached hydrogen (secondary N) is 1. The minimum Gasteiger partial charge on any atom is -0.365 e. The van der Waals surface area contributed by atoms with Crippen LogP contribution in [0.3, 0.4) is 0 Å². The van der Waals surface area contributed by atoms with E-state index in [9.17, 15) is 27.2 Å². The Labute approximate surface area is 110 Å². The Bertz CT molecular complexity index is 555. The zero-order chi connectivity index (χ0) is 14.3. The van der Waals surface area contributed by atoms with Gasteiger partial charge < -0.3 is 10.7 Å². The maximum atomic E-state index is 13.2. The lowest BCUT2D eigenvalue weighted by Gasteiger charge is -2.21. The summed E-state index contributed by atoms with van der Waals surface area (Å²) in [7, 11) is 0. The number of halogens is 6. The Morgan fingerprint density at radius 3 is 2.28 bits per heavy atom. The number of rotatable bonds is 3. The molecule has 100 valence electrons. The molecule has 1 amide bonds. The van der Waals surface area contributed by atoms with Gasteiger partial charge in [0.05, 0.1) is 0 Å². The zero-order valence-electron chi connectivity index (χ0n) is 8.24. The lowest BCUT2D eigenvalue weighted by molar-refractivity contribution is -0.167. The van der Waals surface area contributed by atoms with Crippen LogP contribution in [0.25, 0.3) is 0 Å². The number of hydrogen-bond donors (Lipinski definition) is 2. The van der Waals surface area contributed by atoms with Crippen molar-refractivity contribution in [1.29, 1.82) is 0 Å². The van der Waals surface area contributed by atoms with E-state index in [0.717, 1.165) is 0 Å². The molecule has 0 saturated carbocycles. The molecular formula is C8H4BrClF4N2O2. The monoisotopic (exact) mass is 350 g/mol. The van der Waals surface area contributed by atoms with Crippen molar-refractivity contribution in [2.24, 2.45) is 5.73 Å². The highest BCUT2D eigenvalue weighted by Crippen LogP contribution is 2.46. The molecule has 0 aliphatic heterocycles. The summed E-state index contributed by atoms with van der Waals surface area (Å²) < 4.78 is 50.9. The third kappa shape index (κ3) is 2.51. The molecule has 1 aromatic rings. The molecule has 0 saturated heterocycles. The van der Waals surface area contributed by atoms with E-state index >= 15 is 0 Å². The Morgan fingerprint density at radius 1 is 1.39 bits per heavy atom. The number of primary amides is 1. The van der Waals surface area contributed by atoms with Gasteiger partial charge in [0.15, 0.2) is 0 Å². The van der Waals surface area contributed by atoms with Gasteiger partial charge in [0.25, 0.3) is 11.5 Å². The van der Waals surface area contributed by atoms with Crippen LogP contribution in [-0.2, 0) is 5.92 Å². The average Bonchev–Trinajstić information content (AvgIpc) is 2.18. The van der Waals surface area contributed by atoms with E-state index in [1.807, 2.05) is 0 Å². The second-order valence-electron chi connectivity index (χ2n) is 3.17. The van der Waals surface area contributed by atoms with Crippen molar-refractivity contribution in [3.63, 3.8) is 0 Å². The summed E-state index contributed by atoms with van der Waals surface area (Å²) in [6, 6.07) is 0.618. The van der Waals surface area contributed by atoms with E-state index in [4.69, 9.17) is 5.73 Å². The molecule has 0 spiro atoms. The third-order valence-corrected chi connectivity index (χ3v) is 2.79. The number of amides is 1. The van der Waals surface area contributed by atoms with Crippen molar-refractivity contribution in [3.05, 3.63) is 32.2 Å². The molecule has 4 nitrogen and oxygen atoms in total. The lowest BCUT2D eigenvalue weighted by Crippen LogP contribution is -2.36. The highest BCUT2D eigenvalue weighted by Gasteiger charge is 2.58.